The van der Waals surface area contributed by atoms with E-state index in [4.69, 9.17) is 4.74 Å². The van der Waals surface area contributed by atoms with Crippen molar-refractivity contribution in [1.82, 2.24) is 9.55 Å². The van der Waals surface area contributed by atoms with Gasteiger partial charge in [-0.2, -0.15) is 0 Å². The molecule has 0 spiro atoms. The third-order valence-electron chi connectivity index (χ3n) is 5.45. The number of aromatic nitrogens is 2. The second-order valence-electron chi connectivity index (χ2n) is 7.47. The molecule has 0 N–H and O–H groups in total. The van der Waals surface area contributed by atoms with E-state index in [2.05, 4.69) is 4.98 Å². The third kappa shape index (κ3) is 4.41. The second kappa shape index (κ2) is 9.56. The second-order valence-corrected chi connectivity index (χ2v) is 8.41. The fraction of sp³-hybridized carbons (Fsp3) is 0.333. The van der Waals surface area contributed by atoms with E-state index in [0.717, 1.165) is 29.3 Å². The number of carbonyl (C=O) groups is 3. The Bertz CT molecular complexity index is 1170. The van der Waals surface area contributed by atoms with Crippen LogP contribution in [0.15, 0.2) is 47.6 Å². The maximum absolute atomic E-state index is 12.7. The highest BCUT2D eigenvalue weighted by molar-refractivity contribution is 7.99. The number of benzene rings is 2. The standard InChI is InChI=1S/C24H25N3O4S/c1-3-26-20-12-9-17(23(30)31-4-2)14-19(20)25-24(26)32-15-21(28)16-7-10-18(11-8-16)27-13-5-6-22(27)29/h7-12,14H,3-6,13,15H2,1-2H3. The zero-order valence-electron chi connectivity index (χ0n) is 18.2. The number of esters is 1. The monoisotopic (exact) mass is 451 g/mol. The molecule has 0 unspecified atom stereocenters. The van der Waals surface area contributed by atoms with Gasteiger partial charge in [-0.05, 0) is 62.7 Å². The molecular weight excluding hydrogens is 426 g/mol. The summed E-state index contributed by atoms with van der Waals surface area (Å²) in [5.41, 5.74) is 3.52. The van der Waals surface area contributed by atoms with Crippen molar-refractivity contribution >= 4 is 46.1 Å². The van der Waals surface area contributed by atoms with Crippen molar-refractivity contribution in [3.05, 3.63) is 53.6 Å². The number of hydrogen-bond donors (Lipinski definition) is 0. The average molecular weight is 452 g/mol. The number of imidazole rings is 1. The summed E-state index contributed by atoms with van der Waals surface area (Å²) in [6.45, 7) is 5.54. The van der Waals surface area contributed by atoms with Crippen LogP contribution in [0.25, 0.3) is 11.0 Å². The predicted octanol–water partition coefficient (Wildman–Crippen LogP) is 4.33. The third-order valence-corrected chi connectivity index (χ3v) is 6.42. The molecule has 166 valence electrons. The zero-order chi connectivity index (χ0) is 22.7. The lowest BCUT2D eigenvalue weighted by atomic mass is 10.1. The lowest BCUT2D eigenvalue weighted by Gasteiger charge is -2.15. The van der Waals surface area contributed by atoms with E-state index in [0.29, 0.717) is 36.2 Å². The van der Waals surface area contributed by atoms with Crippen LogP contribution in [0.5, 0.6) is 0 Å². The topological polar surface area (TPSA) is 81.5 Å². The van der Waals surface area contributed by atoms with Crippen LogP contribution < -0.4 is 4.90 Å². The smallest absolute Gasteiger partial charge is 0.338 e. The molecule has 0 saturated carbocycles. The van der Waals surface area contributed by atoms with Gasteiger partial charge in [-0.3, -0.25) is 9.59 Å². The van der Waals surface area contributed by atoms with E-state index in [-0.39, 0.29) is 23.4 Å². The fourth-order valence-electron chi connectivity index (χ4n) is 3.83. The Morgan fingerprint density at radius 3 is 2.50 bits per heavy atom. The Labute approximate surface area is 190 Å². The Morgan fingerprint density at radius 1 is 1.09 bits per heavy atom. The number of nitrogens with zero attached hydrogens (tertiary/aromatic N) is 3. The number of fused-ring (bicyclic) bond motifs is 1. The van der Waals surface area contributed by atoms with E-state index in [1.165, 1.54) is 11.8 Å². The van der Waals surface area contributed by atoms with Crippen molar-refractivity contribution in [3.63, 3.8) is 0 Å². The van der Waals surface area contributed by atoms with Crippen molar-refractivity contribution < 1.29 is 19.1 Å². The molecule has 1 aliphatic heterocycles. The molecule has 2 aromatic carbocycles. The van der Waals surface area contributed by atoms with Crippen LogP contribution >= 0.6 is 11.8 Å². The molecule has 1 saturated heterocycles. The first-order valence-corrected chi connectivity index (χ1v) is 11.7. The number of anilines is 1. The van der Waals surface area contributed by atoms with E-state index in [9.17, 15) is 14.4 Å². The molecule has 0 atom stereocenters. The molecule has 32 heavy (non-hydrogen) atoms. The molecule has 3 aromatic rings. The minimum absolute atomic E-state index is 0.00350. The number of carbonyl (C=O) groups excluding carboxylic acids is 3. The first-order chi connectivity index (χ1) is 15.5. The van der Waals surface area contributed by atoms with E-state index in [1.807, 2.05) is 29.7 Å². The molecule has 0 bridgehead atoms. The Morgan fingerprint density at radius 2 is 1.84 bits per heavy atom. The average Bonchev–Trinajstić information content (AvgIpc) is 3.39. The number of hydrogen-bond acceptors (Lipinski definition) is 6. The van der Waals surface area contributed by atoms with Crippen LogP contribution in [0.1, 0.15) is 47.4 Å². The van der Waals surface area contributed by atoms with Crippen molar-refractivity contribution in [1.29, 1.82) is 0 Å². The van der Waals surface area contributed by atoms with Crippen LogP contribution in [0.4, 0.5) is 5.69 Å². The number of rotatable bonds is 8. The first-order valence-electron chi connectivity index (χ1n) is 10.8. The van der Waals surface area contributed by atoms with Crippen molar-refractivity contribution in [2.45, 2.75) is 38.4 Å². The highest BCUT2D eigenvalue weighted by Crippen LogP contribution is 2.27. The van der Waals surface area contributed by atoms with E-state index >= 15 is 0 Å². The van der Waals surface area contributed by atoms with Gasteiger partial charge in [0, 0.05) is 30.8 Å². The van der Waals surface area contributed by atoms with Crippen LogP contribution in [-0.2, 0) is 16.1 Å². The van der Waals surface area contributed by atoms with Gasteiger partial charge < -0.3 is 14.2 Å². The first kappa shape index (κ1) is 22.1. The maximum atomic E-state index is 12.7. The largest absolute Gasteiger partial charge is 0.462 e. The predicted molar refractivity (Wildman–Crippen MR) is 124 cm³/mol. The molecule has 1 aromatic heterocycles. The summed E-state index contributed by atoms with van der Waals surface area (Å²) in [7, 11) is 0. The van der Waals surface area contributed by atoms with Gasteiger partial charge in [0.05, 0.1) is 29.0 Å². The van der Waals surface area contributed by atoms with E-state index in [1.54, 1.807) is 36.1 Å². The van der Waals surface area contributed by atoms with E-state index < -0.39 is 0 Å². The molecule has 1 amide bonds. The molecule has 2 heterocycles. The lowest BCUT2D eigenvalue weighted by Crippen LogP contribution is -2.23. The van der Waals surface area contributed by atoms with Gasteiger partial charge >= 0.3 is 5.97 Å². The highest BCUT2D eigenvalue weighted by Gasteiger charge is 2.22. The van der Waals surface area contributed by atoms with Crippen molar-refractivity contribution in [2.75, 3.05) is 23.8 Å². The number of amides is 1. The van der Waals surface area contributed by atoms with Gasteiger partial charge in [0.15, 0.2) is 10.9 Å². The minimum Gasteiger partial charge on any atom is -0.462 e. The molecule has 0 aliphatic carbocycles. The van der Waals surface area contributed by atoms with Gasteiger partial charge in [0.1, 0.15) is 0 Å². The zero-order valence-corrected chi connectivity index (χ0v) is 19.0. The van der Waals surface area contributed by atoms with Gasteiger partial charge in [0.25, 0.3) is 0 Å². The Kier molecular flexibility index (Phi) is 6.60. The summed E-state index contributed by atoms with van der Waals surface area (Å²) in [5.74, 6) is 0.0000979. The molecule has 7 nitrogen and oxygen atoms in total. The number of ketones is 1. The number of ether oxygens (including phenoxy) is 1. The van der Waals surface area contributed by atoms with Crippen LogP contribution in [0.3, 0.4) is 0 Å². The normalized spacial score (nSPS) is 13.7. The summed E-state index contributed by atoms with van der Waals surface area (Å²) in [6, 6.07) is 12.5. The van der Waals surface area contributed by atoms with Gasteiger partial charge in [-0.15, -0.1) is 0 Å². The highest BCUT2D eigenvalue weighted by atomic mass is 32.2. The summed E-state index contributed by atoms with van der Waals surface area (Å²) in [4.78, 5) is 43.1. The SMILES string of the molecule is CCOC(=O)c1ccc2c(c1)nc(SCC(=O)c1ccc(N3CCCC3=O)cc1)n2CC. The van der Waals surface area contributed by atoms with Crippen LogP contribution in [-0.4, -0.2) is 46.1 Å². The summed E-state index contributed by atoms with van der Waals surface area (Å²) >= 11 is 1.38. The van der Waals surface area contributed by atoms with Crippen molar-refractivity contribution in [2.24, 2.45) is 0 Å². The number of aryl methyl sites for hydroxylation is 1. The molecule has 1 fully saturated rings. The Hall–Kier alpha value is -3.13. The molecule has 0 radical (unpaired) electrons. The number of Topliss-reactive ketones (excluding diaryl/α,β-unsaturated/α-hetero) is 1. The fourth-order valence-corrected chi connectivity index (χ4v) is 4.80. The summed E-state index contributed by atoms with van der Waals surface area (Å²) in [5, 5.41) is 0.733. The molecular formula is C24H25N3O4S. The Balaban J connectivity index is 1.47. The van der Waals surface area contributed by atoms with Crippen LogP contribution in [0.2, 0.25) is 0 Å². The summed E-state index contributed by atoms with van der Waals surface area (Å²) in [6.07, 6.45) is 1.45. The lowest BCUT2D eigenvalue weighted by molar-refractivity contribution is -0.117. The maximum Gasteiger partial charge on any atom is 0.338 e. The minimum atomic E-state index is -0.371. The van der Waals surface area contributed by atoms with Crippen LogP contribution in [0, 0.1) is 0 Å². The summed E-state index contributed by atoms with van der Waals surface area (Å²) < 4.78 is 7.10. The van der Waals surface area contributed by atoms with Gasteiger partial charge in [-0.25, -0.2) is 9.78 Å². The molecule has 4 rings (SSSR count). The van der Waals surface area contributed by atoms with Gasteiger partial charge in [0.2, 0.25) is 5.91 Å². The molecule has 8 heteroatoms. The van der Waals surface area contributed by atoms with Gasteiger partial charge in [-0.1, -0.05) is 11.8 Å². The number of thioether (sulfide) groups is 1. The molecule has 1 aliphatic rings. The van der Waals surface area contributed by atoms with Crippen molar-refractivity contribution in [3.8, 4) is 0 Å². The quantitative estimate of drug-likeness (QED) is 0.288.